The van der Waals surface area contributed by atoms with Crippen LogP contribution in [0.4, 0.5) is 0 Å². The molecule has 0 saturated carbocycles. The summed E-state index contributed by atoms with van der Waals surface area (Å²) >= 11 is 0. The first kappa shape index (κ1) is 9.92. The van der Waals surface area contributed by atoms with Gasteiger partial charge in [0.15, 0.2) is 0 Å². The summed E-state index contributed by atoms with van der Waals surface area (Å²) in [5, 5.41) is 0. The predicted molar refractivity (Wildman–Crippen MR) is 41.9 cm³/mol. The van der Waals surface area contributed by atoms with E-state index in [1.54, 1.807) is 0 Å². The van der Waals surface area contributed by atoms with Crippen LogP contribution in [0.1, 0.15) is 27.7 Å². The van der Waals surface area contributed by atoms with E-state index < -0.39 is 0 Å². The lowest BCUT2D eigenvalue weighted by molar-refractivity contribution is -0.159. The van der Waals surface area contributed by atoms with E-state index in [1.165, 1.54) is 0 Å². The highest BCUT2D eigenvalue weighted by Gasteiger charge is 2.25. The molecule has 0 radical (unpaired) electrons. The molecule has 0 N–H and O–H groups in total. The van der Waals surface area contributed by atoms with Crippen LogP contribution in [-0.4, -0.2) is 20.0 Å². The van der Waals surface area contributed by atoms with Crippen LogP contribution >= 0.6 is 0 Å². The Hall–Kier alpha value is -0.0800. The highest BCUT2D eigenvalue weighted by atomic mass is 16.7. The minimum atomic E-state index is 0. The van der Waals surface area contributed by atoms with Crippen LogP contribution < -0.4 is 0 Å². The summed E-state index contributed by atoms with van der Waals surface area (Å²) in [6, 6.07) is 0. The molecule has 0 aliphatic carbocycles. The van der Waals surface area contributed by atoms with Crippen molar-refractivity contribution in [2.45, 2.75) is 27.7 Å². The molecule has 62 valence electrons. The van der Waals surface area contributed by atoms with Gasteiger partial charge in [-0.05, 0) is 6.42 Å². The molecule has 0 aromatic heterocycles. The normalized spacial score (nSPS) is 23.4. The van der Waals surface area contributed by atoms with Crippen molar-refractivity contribution < 1.29 is 9.47 Å². The van der Waals surface area contributed by atoms with Crippen molar-refractivity contribution in [2.75, 3.05) is 20.0 Å². The number of rotatable bonds is 1. The predicted octanol–water partition coefficient (Wildman–Crippen LogP) is 2.04. The van der Waals surface area contributed by atoms with Gasteiger partial charge in [-0.25, -0.2) is 0 Å². The first-order valence-corrected chi connectivity index (χ1v) is 3.42. The minimum absolute atomic E-state index is 0. The van der Waals surface area contributed by atoms with Gasteiger partial charge in [-0.1, -0.05) is 21.3 Å². The van der Waals surface area contributed by atoms with Gasteiger partial charge in [0.2, 0.25) is 0 Å². The van der Waals surface area contributed by atoms with Crippen molar-refractivity contribution in [3.63, 3.8) is 0 Å². The van der Waals surface area contributed by atoms with E-state index in [9.17, 15) is 0 Å². The summed E-state index contributed by atoms with van der Waals surface area (Å²) in [7, 11) is 0. The van der Waals surface area contributed by atoms with Crippen molar-refractivity contribution in [2.24, 2.45) is 5.41 Å². The van der Waals surface area contributed by atoms with Crippen LogP contribution in [0.25, 0.3) is 0 Å². The summed E-state index contributed by atoms with van der Waals surface area (Å²) in [5.41, 5.74) is 0.276. The fourth-order valence-electron chi connectivity index (χ4n) is 0.881. The summed E-state index contributed by atoms with van der Waals surface area (Å²) in [6.07, 6.45) is 1.13. The van der Waals surface area contributed by atoms with Crippen LogP contribution in [0, 0.1) is 5.41 Å². The van der Waals surface area contributed by atoms with Gasteiger partial charge in [0.1, 0.15) is 6.79 Å². The van der Waals surface area contributed by atoms with Crippen molar-refractivity contribution in [1.82, 2.24) is 0 Å². The molecule has 1 heterocycles. The molecule has 0 aromatic carbocycles. The minimum Gasteiger partial charge on any atom is -0.355 e. The van der Waals surface area contributed by atoms with Gasteiger partial charge in [-0.2, -0.15) is 0 Å². The Morgan fingerprint density at radius 2 is 1.80 bits per heavy atom. The molecule has 1 saturated heterocycles. The van der Waals surface area contributed by atoms with E-state index in [4.69, 9.17) is 9.47 Å². The smallest absolute Gasteiger partial charge is 0.146 e. The van der Waals surface area contributed by atoms with Crippen LogP contribution in [0.2, 0.25) is 0 Å². The molecule has 1 aliphatic heterocycles. The second kappa shape index (κ2) is 3.94. The van der Waals surface area contributed by atoms with E-state index in [-0.39, 0.29) is 12.8 Å². The molecule has 0 spiro atoms. The van der Waals surface area contributed by atoms with Gasteiger partial charge in [-0.15, -0.1) is 0 Å². The first-order chi connectivity index (χ1) is 4.27. The number of hydrogen-bond donors (Lipinski definition) is 0. The Labute approximate surface area is 63.5 Å². The lowest BCUT2D eigenvalue weighted by atomic mass is 9.89. The zero-order valence-corrected chi connectivity index (χ0v) is 6.14. The second-order valence-electron chi connectivity index (χ2n) is 2.98. The Balaban J connectivity index is 0.000000810. The van der Waals surface area contributed by atoms with E-state index in [1.807, 2.05) is 0 Å². The summed E-state index contributed by atoms with van der Waals surface area (Å²) < 4.78 is 10.3. The molecule has 0 aromatic rings. The number of hydrogen-bond acceptors (Lipinski definition) is 2. The highest BCUT2D eigenvalue weighted by Crippen LogP contribution is 2.24. The van der Waals surface area contributed by atoms with Gasteiger partial charge in [0, 0.05) is 5.41 Å². The van der Waals surface area contributed by atoms with Crippen molar-refractivity contribution in [1.29, 1.82) is 0 Å². The zero-order chi connectivity index (χ0) is 6.74. The Bertz CT molecular complexity index is 85.3. The quantitative estimate of drug-likeness (QED) is 0.563. The molecule has 1 fully saturated rings. The molecule has 1 rings (SSSR count). The molecule has 2 heteroatoms. The standard InChI is InChI=1S/C7H14O2.CH4/c1-3-7(2)4-8-6-9-5-7;/h3-6H2,1-2H3;1H4. The lowest BCUT2D eigenvalue weighted by Crippen LogP contribution is -2.33. The van der Waals surface area contributed by atoms with E-state index in [0.717, 1.165) is 19.6 Å². The highest BCUT2D eigenvalue weighted by molar-refractivity contribution is 4.72. The van der Waals surface area contributed by atoms with Gasteiger partial charge in [-0.3, -0.25) is 0 Å². The van der Waals surface area contributed by atoms with Gasteiger partial charge in [0.25, 0.3) is 0 Å². The van der Waals surface area contributed by atoms with Gasteiger partial charge < -0.3 is 9.47 Å². The van der Waals surface area contributed by atoms with Crippen LogP contribution in [-0.2, 0) is 9.47 Å². The lowest BCUT2D eigenvalue weighted by Gasteiger charge is -2.31. The van der Waals surface area contributed by atoms with E-state index >= 15 is 0 Å². The number of ether oxygens (including phenoxy) is 2. The van der Waals surface area contributed by atoms with Gasteiger partial charge in [0.05, 0.1) is 13.2 Å². The van der Waals surface area contributed by atoms with E-state index in [2.05, 4.69) is 13.8 Å². The molecular weight excluding hydrogens is 128 g/mol. The molecule has 0 bridgehead atoms. The third-order valence-corrected chi connectivity index (χ3v) is 1.92. The van der Waals surface area contributed by atoms with Crippen LogP contribution in [0.15, 0.2) is 0 Å². The summed E-state index contributed by atoms with van der Waals surface area (Å²) in [4.78, 5) is 0. The molecule has 10 heavy (non-hydrogen) atoms. The topological polar surface area (TPSA) is 18.5 Å². The SMILES string of the molecule is C.CCC1(C)COCOC1. The summed E-state index contributed by atoms with van der Waals surface area (Å²) in [6.45, 7) is 6.53. The Kier molecular flexibility index (Phi) is 3.91. The fourth-order valence-corrected chi connectivity index (χ4v) is 0.881. The average Bonchev–Trinajstić information content (AvgIpc) is 1.90. The van der Waals surface area contributed by atoms with Gasteiger partial charge >= 0.3 is 0 Å². The Morgan fingerprint density at radius 1 is 1.30 bits per heavy atom. The maximum Gasteiger partial charge on any atom is 0.146 e. The molecular formula is C8H18O2. The monoisotopic (exact) mass is 146 g/mol. The Morgan fingerprint density at radius 3 is 2.10 bits per heavy atom. The average molecular weight is 146 g/mol. The molecule has 0 amide bonds. The van der Waals surface area contributed by atoms with Crippen molar-refractivity contribution in [3.05, 3.63) is 0 Å². The van der Waals surface area contributed by atoms with E-state index in [0.29, 0.717) is 6.79 Å². The summed E-state index contributed by atoms with van der Waals surface area (Å²) in [5.74, 6) is 0. The maximum absolute atomic E-state index is 5.15. The maximum atomic E-state index is 5.15. The van der Waals surface area contributed by atoms with Crippen LogP contribution in [0.5, 0.6) is 0 Å². The molecule has 0 unspecified atom stereocenters. The van der Waals surface area contributed by atoms with Crippen molar-refractivity contribution in [3.8, 4) is 0 Å². The van der Waals surface area contributed by atoms with Crippen molar-refractivity contribution >= 4 is 0 Å². The third kappa shape index (κ3) is 2.27. The third-order valence-electron chi connectivity index (χ3n) is 1.92. The molecule has 0 atom stereocenters. The first-order valence-electron chi connectivity index (χ1n) is 3.42. The second-order valence-corrected chi connectivity index (χ2v) is 2.98. The molecule has 1 aliphatic rings. The molecule has 2 nitrogen and oxygen atoms in total. The zero-order valence-electron chi connectivity index (χ0n) is 6.14. The largest absolute Gasteiger partial charge is 0.355 e. The van der Waals surface area contributed by atoms with Crippen LogP contribution in [0.3, 0.4) is 0 Å². The fraction of sp³-hybridized carbons (Fsp3) is 1.00.